The monoisotopic (exact) mass is 250 g/mol. The number of hydrogen-bond donors (Lipinski definition) is 2. The molecule has 1 aliphatic rings. The molecule has 18 heavy (non-hydrogen) atoms. The molecule has 98 valence electrons. The third-order valence-corrected chi connectivity index (χ3v) is 3.19. The summed E-state index contributed by atoms with van der Waals surface area (Å²) in [5.74, 6) is -0.817. The van der Waals surface area contributed by atoms with E-state index in [-0.39, 0.29) is 17.7 Å². The van der Waals surface area contributed by atoms with Crippen LogP contribution in [0.15, 0.2) is 12.1 Å². The molecular weight excluding hydrogens is 232 g/mol. The molecule has 1 aromatic rings. The summed E-state index contributed by atoms with van der Waals surface area (Å²) in [7, 11) is 0. The molecule has 0 radical (unpaired) electrons. The first kappa shape index (κ1) is 12.7. The second kappa shape index (κ2) is 5.71. The highest BCUT2D eigenvalue weighted by Crippen LogP contribution is 2.25. The van der Waals surface area contributed by atoms with E-state index in [1.807, 2.05) is 0 Å². The molecule has 0 spiro atoms. The first-order chi connectivity index (χ1) is 8.66. The fourth-order valence-corrected chi connectivity index (χ4v) is 2.18. The lowest BCUT2D eigenvalue weighted by molar-refractivity contribution is 0.0688. The maximum absolute atomic E-state index is 10.9. The Morgan fingerprint density at radius 3 is 2.56 bits per heavy atom. The summed E-state index contributed by atoms with van der Waals surface area (Å²) >= 11 is 0. The number of carboxylic acid groups (broad SMARTS) is 1. The highest BCUT2D eigenvalue weighted by atomic mass is 16.5. The summed E-state index contributed by atoms with van der Waals surface area (Å²) in [6.07, 6.45) is 6.82. The Morgan fingerprint density at radius 2 is 1.94 bits per heavy atom. The molecule has 2 rings (SSSR count). The number of rotatable bonds is 3. The lowest BCUT2D eigenvalue weighted by Crippen LogP contribution is -2.17. The van der Waals surface area contributed by atoms with Gasteiger partial charge in [-0.05, 0) is 37.8 Å². The molecule has 3 N–H and O–H groups in total. The lowest BCUT2D eigenvalue weighted by atomic mass is 10.1. The van der Waals surface area contributed by atoms with Crippen molar-refractivity contribution in [2.45, 2.75) is 44.6 Å². The van der Waals surface area contributed by atoms with Crippen LogP contribution in [0.2, 0.25) is 0 Å². The molecule has 1 aliphatic carbocycles. The molecule has 0 aliphatic heterocycles. The molecule has 0 amide bonds. The number of hydrogen-bond acceptors (Lipinski definition) is 4. The lowest BCUT2D eigenvalue weighted by Gasteiger charge is -2.17. The number of nitrogen functional groups attached to an aromatic ring is 1. The number of carboxylic acids is 1. The Hall–Kier alpha value is -1.78. The van der Waals surface area contributed by atoms with Crippen molar-refractivity contribution in [3.63, 3.8) is 0 Å². The Balaban J connectivity index is 2.11. The topological polar surface area (TPSA) is 85.4 Å². The van der Waals surface area contributed by atoms with Crippen LogP contribution in [0.1, 0.15) is 49.0 Å². The summed E-state index contributed by atoms with van der Waals surface area (Å²) in [4.78, 5) is 14.8. The zero-order valence-electron chi connectivity index (χ0n) is 10.3. The van der Waals surface area contributed by atoms with Gasteiger partial charge >= 0.3 is 5.97 Å². The summed E-state index contributed by atoms with van der Waals surface area (Å²) in [6.45, 7) is 0. The highest BCUT2D eigenvalue weighted by molar-refractivity contribution is 5.86. The predicted octanol–water partition coefficient (Wildman–Crippen LogP) is 2.46. The van der Waals surface area contributed by atoms with Gasteiger partial charge in [-0.15, -0.1) is 0 Å². The van der Waals surface area contributed by atoms with Crippen molar-refractivity contribution >= 4 is 11.7 Å². The molecule has 0 saturated heterocycles. The average molecular weight is 250 g/mol. The summed E-state index contributed by atoms with van der Waals surface area (Å²) < 4.78 is 5.76. The molecule has 0 atom stereocenters. The summed E-state index contributed by atoms with van der Waals surface area (Å²) in [5, 5.41) is 8.89. The van der Waals surface area contributed by atoms with Crippen molar-refractivity contribution in [1.29, 1.82) is 0 Å². The number of anilines is 1. The van der Waals surface area contributed by atoms with Crippen molar-refractivity contribution in [3.8, 4) is 5.88 Å². The molecule has 1 heterocycles. The number of carbonyl (C=O) groups is 1. The molecule has 0 aromatic carbocycles. The number of pyridine rings is 1. The average Bonchev–Trinajstić information content (AvgIpc) is 2.60. The minimum absolute atomic E-state index is 0.0344. The van der Waals surface area contributed by atoms with E-state index in [2.05, 4.69) is 4.98 Å². The zero-order valence-corrected chi connectivity index (χ0v) is 10.3. The molecular formula is C13H18N2O3. The van der Waals surface area contributed by atoms with Gasteiger partial charge in [0.2, 0.25) is 5.88 Å². The van der Waals surface area contributed by atoms with Crippen LogP contribution < -0.4 is 10.5 Å². The van der Waals surface area contributed by atoms with Gasteiger partial charge in [0, 0.05) is 0 Å². The molecule has 5 heteroatoms. The fourth-order valence-electron chi connectivity index (χ4n) is 2.18. The minimum atomic E-state index is -1.07. The quantitative estimate of drug-likeness (QED) is 0.805. The van der Waals surface area contributed by atoms with Gasteiger partial charge in [-0.3, -0.25) is 0 Å². The maximum atomic E-state index is 10.9. The van der Waals surface area contributed by atoms with Gasteiger partial charge in [0.05, 0.1) is 5.69 Å². The van der Waals surface area contributed by atoms with E-state index < -0.39 is 5.97 Å². The summed E-state index contributed by atoms with van der Waals surface area (Å²) in [6, 6.07) is 2.92. The van der Waals surface area contributed by atoms with E-state index in [1.54, 1.807) is 0 Å². The highest BCUT2D eigenvalue weighted by Gasteiger charge is 2.17. The Morgan fingerprint density at radius 1 is 1.28 bits per heavy atom. The third kappa shape index (κ3) is 3.12. The number of nitrogens with two attached hydrogens (primary N) is 1. The van der Waals surface area contributed by atoms with Crippen LogP contribution in [0.5, 0.6) is 5.88 Å². The van der Waals surface area contributed by atoms with Crippen LogP contribution in [0.25, 0.3) is 0 Å². The van der Waals surface area contributed by atoms with Gasteiger partial charge in [0.15, 0.2) is 5.69 Å². The largest absolute Gasteiger partial charge is 0.477 e. The SMILES string of the molecule is Nc1ccc(C(=O)O)nc1OC1CCCCCC1. The Kier molecular flexibility index (Phi) is 4.02. The van der Waals surface area contributed by atoms with Crippen molar-refractivity contribution in [3.05, 3.63) is 17.8 Å². The fraction of sp³-hybridized carbons (Fsp3) is 0.538. The van der Waals surface area contributed by atoms with E-state index in [1.165, 1.54) is 25.0 Å². The maximum Gasteiger partial charge on any atom is 0.354 e. The van der Waals surface area contributed by atoms with Crippen LogP contribution in [0.4, 0.5) is 5.69 Å². The van der Waals surface area contributed by atoms with Gasteiger partial charge in [0.1, 0.15) is 6.10 Å². The van der Waals surface area contributed by atoms with Gasteiger partial charge in [-0.2, -0.15) is 0 Å². The van der Waals surface area contributed by atoms with Crippen molar-refractivity contribution < 1.29 is 14.6 Å². The Bertz CT molecular complexity index is 426. The smallest absolute Gasteiger partial charge is 0.354 e. The van der Waals surface area contributed by atoms with E-state index in [0.717, 1.165) is 25.7 Å². The van der Waals surface area contributed by atoms with Crippen molar-refractivity contribution in [2.24, 2.45) is 0 Å². The second-order valence-electron chi connectivity index (χ2n) is 4.63. The summed E-state index contributed by atoms with van der Waals surface area (Å²) in [5.41, 5.74) is 6.12. The first-order valence-electron chi connectivity index (χ1n) is 6.33. The normalized spacial score (nSPS) is 17.1. The first-order valence-corrected chi connectivity index (χ1v) is 6.33. The number of nitrogens with zero attached hydrogens (tertiary/aromatic N) is 1. The van der Waals surface area contributed by atoms with Crippen LogP contribution in [-0.2, 0) is 0 Å². The van der Waals surface area contributed by atoms with Crippen LogP contribution in [0, 0.1) is 0 Å². The molecule has 0 bridgehead atoms. The number of ether oxygens (including phenoxy) is 1. The predicted molar refractivity (Wildman–Crippen MR) is 67.7 cm³/mol. The van der Waals surface area contributed by atoms with Crippen LogP contribution >= 0.6 is 0 Å². The third-order valence-electron chi connectivity index (χ3n) is 3.19. The van der Waals surface area contributed by atoms with Crippen LogP contribution in [0.3, 0.4) is 0 Å². The van der Waals surface area contributed by atoms with Crippen LogP contribution in [-0.4, -0.2) is 22.2 Å². The molecule has 1 aromatic heterocycles. The minimum Gasteiger partial charge on any atom is -0.477 e. The second-order valence-corrected chi connectivity index (χ2v) is 4.63. The van der Waals surface area contributed by atoms with Crippen molar-refractivity contribution in [2.75, 3.05) is 5.73 Å². The van der Waals surface area contributed by atoms with E-state index in [4.69, 9.17) is 15.6 Å². The molecule has 0 unspecified atom stereocenters. The molecule has 1 fully saturated rings. The van der Waals surface area contributed by atoms with Gasteiger partial charge in [-0.25, -0.2) is 9.78 Å². The van der Waals surface area contributed by atoms with E-state index >= 15 is 0 Å². The van der Waals surface area contributed by atoms with E-state index in [0.29, 0.717) is 5.69 Å². The van der Waals surface area contributed by atoms with Gasteiger partial charge in [0.25, 0.3) is 0 Å². The van der Waals surface area contributed by atoms with Gasteiger partial charge < -0.3 is 15.6 Å². The molecule has 5 nitrogen and oxygen atoms in total. The number of aromatic nitrogens is 1. The number of aromatic carboxylic acids is 1. The standard InChI is InChI=1S/C13H18N2O3/c14-10-7-8-11(13(16)17)15-12(10)18-9-5-3-1-2-4-6-9/h7-9H,1-6,14H2,(H,16,17). The Labute approximate surface area is 106 Å². The van der Waals surface area contributed by atoms with Gasteiger partial charge in [-0.1, -0.05) is 12.8 Å². The van der Waals surface area contributed by atoms with Crippen molar-refractivity contribution in [1.82, 2.24) is 4.98 Å². The zero-order chi connectivity index (χ0) is 13.0. The molecule has 1 saturated carbocycles. The van der Waals surface area contributed by atoms with E-state index in [9.17, 15) is 4.79 Å².